The normalized spacial score (nSPS) is 37.7. The van der Waals surface area contributed by atoms with Gasteiger partial charge < -0.3 is 22.1 Å². The highest BCUT2D eigenvalue weighted by molar-refractivity contribution is 4.86. The Morgan fingerprint density at radius 3 is 1.44 bits per heavy atom. The average molecular weight is 254 g/mol. The van der Waals surface area contributed by atoms with Crippen LogP contribution in [0.5, 0.6) is 0 Å². The van der Waals surface area contributed by atoms with Gasteiger partial charge in [-0.15, -0.1) is 0 Å². The second-order valence-electron chi connectivity index (χ2n) is 6.02. The summed E-state index contributed by atoms with van der Waals surface area (Å²) in [6, 6.07) is 1.77. The molecule has 18 heavy (non-hydrogen) atoms. The minimum Gasteiger partial charge on any atom is -0.326 e. The third-order valence-electron chi connectivity index (χ3n) is 4.58. The van der Waals surface area contributed by atoms with E-state index >= 15 is 0 Å². The molecular weight excluding hydrogens is 224 g/mol. The monoisotopic (exact) mass is 254 g/mol. The Hall–Kier alpha value is -0.160. The molecule has 0 saturated heterocycles. The number of rotatable bonds is 5. The molecule has 0 spiro atoms. The van der Waals surface area contributed by atoms with E-state index in [4.69, 9.17) is 11.5 Å². The maximum absolute atomic E-state index is 6.12. The van der Waals surface area contributed by atoms with Crippen LogP contribution in [0.3, 0.4) is 0 Å². The summed E-state index contributed by atoms with van der Waals surface area (Å²) in [7, 11) is 0. The summed E-state index contributed by atoms with van der Waals surface area (Å²) in [6.45, 7) is 2.03. The van der Waals surface area contributed by atoms with Crippen LogP contribution >= 0.6 is 0 Å². The molecule has 0 bridgehead atoms. The maximum Gasteiger partial charge on any atom is 0.0219 e. The topological polar surface area (TPSA) is 76.1 Å². The Morgan fingerprint density at radius 2 is 1.06 bits per heavy atom. The Kier molecular flexibility index (Phi) is 5.89. The summed E-state index contributed by atoms with van der Waals surface area (Å²) in [5.41, 5.74) is 12.2. The minimum atomic E-state index is 0.357. The fraction of sp³-hybridized carbons (Fsp3) is 1.00. The summed E-state index contributed by atoms with van der Waals surface area (Å²) < 4.78 is 0. The smallest absolute Gasteiger partial charge is 0.0219 e. The lowest BCUT2D eigenvalue weighted by Crippen LogP contribution is -2.51. The largest absolute Gasteiger partial charge is 0.326 e. The van der Waals surface area contributed by atoms with Crippen molar-refractivity contribution in [3.63, 3.8) is 0 Å². The van der Waals surface area contributed by atoms with Crippen molar-refractivity contribution in [3.8, 4) is 0 Å². The van der Waals surface area contributed by atoms with Crippen molar-refractivity contribution >= 4 is 0 Å². The van der Waals surface area contributed by atoms with Gasteiger partial charge in [-0.1, -0.05) is 25.7 Å². The van der Waals surface area contributed by atoms with Crippen molar-refractivity contribution in [3.05, 3.63) is 0 Å². The highest BCUT2D eigenvalue weighted by Crippen LogP contribution is 2.17. The molecule has 0 heterocycles. The molecular formula is C14H30N4. The maximum atomic E-state index is 6.12. The summed E-state index contributed by atoms with van der Waals surface area (Å²) in [5, 5.41) is 7.19. The summed E-state index contributed by atoms with van der Waals surface area (Å²) >= 11 is 0. The molecule has 2 fully saturated rings. The highest BCUT2D eigenvalue weighted by Gasteiger charge is 2.22. The molecule has 0 aromatic rings. The number of hydrogen-bond acceptors (Lipinski definition) is 4. The Labute approximate surface area is 111 Å². The van der Waals surface area contributed by atoms with Gasteiger partial charge in [-0.25, -0.2) is 0 Å². The highest BCUT2D eigenvalue weighted by atomic mass is 15.0. The van der Waals surface area contributed by atoms with Crippen LogP contribution in [-0.2, 0) is 0 Å². The van der Waals surface area contributed by atoms with E-state index in [0.717, 1.165) is 13.1 Å². The first-order chi connectivity index (χ1) is 8.77. The number of nitrogens with two attached hydrogens (primary N) is 2. The van der Waals surface area contributed by atoms with E-state index in [1.807, 2.05) is 0 Å². The molecule has 2 saturated carbocycles. The molecule has 2 aliphatic carbocycles. The van der Waals surface area contributed by atoms with Gasteiger partial charge in [0.25, 0.3) is 0 Å². The standard InChI is InChI=1S/C14H30N4/c15-11-5-1-3-7-13(11)17-9-10-18-14-8-4-2-6-12(14)16/h11-14,17-18H,1-10,15-16H2/t11-,12?,13-,14?/m1/s1. The van der Waals surface area contributed by atoms with Crippen LogP contribution in [0.15, 0.2) is 0 Å². The van der Waals surface area contributed by atoms with Crippen molar-refractivity contribution in [2.24, 2.45) is 11.5 Å². The van der Waals surface area contributed by atoms with Gasteiger partial charge in [-0.05, 0) is 25.7 Å². The minimum absolute atomic E-state index is 0.357. The van der Waals surface area contributed by atoms with Gasteiger partial charge in [-0.2, -0.15) is 0 Å². The van der Waals surface area contributed by atoms with Gasteiger partial charge in [0, 0.05) is 37.3 Å². The first-order valence-corrected chi connectivity index (χ1v) is 7.75. The van der Waals surface area contributed by atoms with E-state index in [1.165, 1.54) is 51.4 Å². The van der Waals surface area contributed by atoms with E-state index in [2.05, 4.69) is 10.6 Å². The lowest BCUT2D eigenvalue weighted by atomic mass is 9.90. The molecule has 0 aromatic heterocycles. The van der Waals surface area contributed by atoms with E-state index in [9.17, 15) is 0 Å². The van der Waals surface area contributed by atoms with E-state index in [-0.39, 0.29) is 0 Å². The predicted octanol–water partition coefficient (Wildman–Crippen LogP) is 0.705. The predicted molar refractivity (Wildman–Crippen MR) is 76.5 cm³/mol. The van der Waals surface area contributed by atoms with Crippen LogP contribution in [0.25, 0.3) is 0 Å². The second kappa shape index (κ2) is 7.43. The molecule has 2 rings (SSSR count). The number of nitrogens with one attached hydrogen (secondary N) is 2. The zero-order valence-corrected chi connectivity index (χ0v) is 11.5. The third-order valence-corrected chi connectivity index (χ3v) is 4.58. The quantitative estimate of drug-likeness (QED) is 0.545. The SMILES string of the molecule is NC1CCCCC1NCCN[C@@H]1CCCC[C@H]1N. The van der Waals surface area contributed by atoms with E-state index in [0.29, 0.717) is 24.2 Å². The molecule has 0 radical (unpaired) electrons. The van der Waals surface area contributed by atoms with E-state index in [1.54, 1.807) is 0 Å². The van der Waals surface area contributed by atoms with Gasteiger partial charge in [0.15, 0.2) is 0 Å². The number of hydrogen-bond donors (Lipinski definition) is 4. The Morgan fingerprint density at radius 1 is 0.667 bits per heavy atom. The van der Waals surface area contributed by atoms with Crippen molar-refractivity contribution in [1.82, 2.24) is 10.6 Å². The van der Waals surface area contributed by atoms with Crippen LogP contribution in [0.4, 0.5) is 0 Å². The average Bonchev–Trinajstić information content (AvgIpc) is 2.38. The lowest BCUT2D eigenvalue weighted by Gasteiger charge is -2.31. The van der Waals surface area contributed by atoms with Crippen LogP contribution in [0.1, 0.15) is 51.4 Å². The van der Waals surface area contributed by atoms with Crippen LogP contribution in [0, 0.1) is 0 Å². The second-order valence-corrected chi connectivity index (χ2v) is 6.02. The van der Waals surface area contributed by atoms with Crippen molar-refractivity contribution in [2.45, 2.75) is 75.5 Å². The van der Waals surface area contributed by atoms with E-state index < -0.39 is 0 Å². The molecule has 4 atom stereocenters. The summed E-state index contributed by atoms with van der Waals surface area (Å²) in [4.78, 5) is 0. The Bertz CT molecular complexity index is 210. The summed E-state index contributed by atoms with van der Waals surface area (Å²) in [5.74, 6) is 0. The molecule has 0 amide bonds. The van der Waals surface area contributed by atoms with Gasteiger partial charge in [0.2, 0.25) is 0 Å². The first-order valence-electron chi connectivity index (χ1n) is 7.75. The molecule has 4 nitrogen and oxygen atoms in total. The van der Waals surface area contributed by atoms with Gasteiger partial charge in [0.1, 0.15) is 0 Å². The third kappa shape index (κ3) is 4.19. The van der Waals surface area contributed by atoms with Gasteiger partial charge in [0.05, 0.1) is 0 Å². The van der Waals surface area contributed by atoms with Gasteiger partial charge >= 0.3 is 0 Å². The lowest BCUT2D eigenvalue weighted by molar-refractivity contribution is 0.306. The fourth-order valence-corrected chi connectivity index (χ4v) is 3.34. The van der Waals surface area contributed by atoms with Crippen molar-refractivity contribution in [1.29, 1.82) is 0 Å². The molecule has 2 unspecified atom stereocenters. The Balaban J connectivity index is 1.57. The van der Waals surface area contributed by atoms with Crippen LogP contribution in [0.2, 0.25) is 0 Å². The van der Waals surface area contributed by atoms with Crippen LogP contribution in [-0.4, -0.2) is 37.3 Å². The zero-order valence-electron chi connectivity index (χ0n) is 11.5. The molecule has 0 aliphatic heterocycles. The summed E-state index contributed by atoms with van der Waals surface area (Å²) in [6.07, 6.45) is 10.1. The van der Waals surface area contributed by atoms with Gasteiger partial charge in [-0.3, -0.25) is 0 Å². The van der Waals surface area contributed by atoms with Crippen LogP contribution < -0.4 is 22.1 Å². The van der Waals surface area contributed by atoms with Crippen molar-refractivity contribution < 1.29 is 0 Å². The molecule has 0 aromatic carbocycles. The van der Waals surface area contributed by atoms with Crippen molar-refractivity contribution in [2.75, 3.05) is 13.1 Å². The molecule has 4 heteroatoms. The first kappa shape index (κ1) is 14.3. The zero-order chi connectivity index (χ0) is 12.8. The molecule has 6 N–H and O–H groups in total. The fourth-order valence-electron chi connectivity index (χ4n) is 3.34. The molecule has 2 aliphatic rings. The molecule has 106 valence electrons.